The first-order valence-electron chi connectivity index (χ1n) is 7.14. The van der Waals surface area contributed by atoms with E-state index in [1.165, 1.54) is 6.92 Å². The number of rotatable bonds is 10. The number of hydrogen-bond donors (Lipinski definition) is 1. The molecule has 1 aromatic carbocycles. The topological polar surface area (TPSA) is 47.6 Å². The predicted molar refractivity (Wildman–Crippen MR) is 81.4 cm³/mol. The lowest BCUT2D eigenvalue weighted by atomic mass is 10.2. The minimum atomic E-state index is 0.0655. The van der Waals surface area contributed by atoms with Crippen molar-refractivity contribution in [3.05, 3.63) is 24.3 Å². The van der Waals surface area contributed by atoms with Crippen molar-refractivity contribution in [2.24, 2.45) is 0 Å². The maximum Gasteiger partial charge on any atom is 0.155 e. The first-order chi connectivity index (χ1) is 9.58. The molecule has 20 heavy (non-hydrogen) atoms. The molecule has 0 aromatic heterocycles. The van der Waals surface area contributed by atoms with Crippen LogP contribution in [0.25, 0.3) is 0 Å². The van der Waals surface area contributed by atoms with Crippen LogP contribution in [0.2, 0.25) is 0 Å². The summed E-state index contributed by atoms with van der Waals surface area (Å²) in [6, 6.07) is 8.38. The molecule has 0 radical (unpaired) electrons. The Balaban J connectivity index is 2.17. The summed E-state index contributed by atoms with van der Waals surface area (Å²) in [4.78, 5) is 10.7. The zero-order valence-electron chi connectivity index (χ0n) is 12.6. The van der Waals surface area contributed by atoms with Crippen molar-refractivity contribution in [3.8, 4) is 5.75 Å². The summed E-state index contributed by atoms with van der Waals surface area (Å²) < 4.78 is 10.9. The molecule has 0 fully saturated rings. The number of carbonyl (C=O) groups is 1. The third-order valence-corrected chi connectivity index (χ3v) is 2.55. The smallest absolute Gasteiger partial charge is 0.155 e. The molecule has 0 heterocycles. The van der Waals surface area contributed by atoms with E-state index in [0.717, 1.165) is 24.3 Å². The Hall–Kier alpha value is -1.55. The Kier molecular flexibility index (Phi) is 7.73. The van der Waals surface area contributed by atoms with Crippen molar-refractivity contribution in [2.45, 2.75) is 39.7 Å². The fourth-order valence-electron chi connectivity index (χ4n) is 1.72. The molecule has 4 nitrogen and oxygen atoms in total. The van der Waals surface area contributed by atoms with Crippen molar-refractivity contribution in [1.82, 2.24) is 0 Å². The van der Waals surface area contributed by atoms with Gasteiger partial charge in [0.25, 0.3) is 0 Å². The van der Waals surface area contributed by atoms with E-state index in [0.29, 0.717) is 19.3 Å². The Morgan fingerprint density at radius 1 is 1.25 bits per heavy atom. The molecule has 0 aliphatic carbocycles. The average molecular weight is 279 g/mol. The van der Waals surface area contributed by atoms with E-state index < -0.39 is 0 Å². The fraction of sp³-hybridized carbons (Fsp3) is 0.562. The van der Waals surface area contributed by atoms with E-state index in [-0.39, 0.29) is 12.4 Å². The van der Waals surface area contributed by atoms with Crippen LogP contribution in [0.15, 0.2) is 24.3 Å². The summed E-state index contributed by atoms with van der Waals surface area (Å²) in [5, 5.41) is 3.34. The lowest BCUT2D eigenvalue weighted by Gasteiger charge is -2.12. The number of Topliss-reactive ketones (excluding diaryl/α,β-unsaturated/α-hetero) is 1. The normalized spacial score (nSPS) is 10.6. The van der Waals surface area contributed by atoms with Gasteiger partial charge in [-0.3, -0.25) is 4.79 Å². The molecule has 112 valence electrons. The summed E-state index contributed by atoms with van der Waals surface area (Å²) in [6.07, 6.45) is 1.82. The third kappa shape index (κ3) is 7.79. The van der Waals surface area contributed by atoms with Crippen LogP contribution >= 0.6 is 0 Å². The number of ketones is 1. The number of benzene rings is 1. The highest BCUT2D eigenvalue weighted by molar-refractivity contribution is 5.76. The van der Waals surface area contributed by atoms with Crippen molar-refractivity contribution in [2.75, 3.05) is 25.1 Å². The molecule has 0 spiro atoms. The van der Waals surface area contributed by atoms with Gasteiger partial charge >= 0.3 is 0 Å². The van der Waals surface area contributed by atoms with Crippen molar-refractivity contribution < 1.29 is 14.3 Å². The summed E-state index contributed by atoms with van der Waals surface area (Å²) in [5.41, 5.74) is 1.07. The lowest BCUT2D eigenvalue weighted by Crippen LogP contribution is -2.09. The van der Waals surface area contributed by atoms with Gasteiger partial charge < -0.3 is 14.8 Å². The molecule has 0 aliphatic rings. The van der Waals surface area contributed by atoms with E-state index in [4.69, 9.17) is 9.47 Å². The monoisotopic (exact) mass is 279 g/mol. The molecule has 0 unspecified atom stereocenters. The van der Waals surface area contributed by atoms with Crippen LogP contribution in [0, 0.1) is 0 Å². The Bertz CT molecular complexity index is 404. The van der Waals surface area contributed by atoms with E-state index in [9.17, 15) is 4.79 Å². The quantitative estimate of drug-likeness (QED) is 0.668. The van der Waals surface area contributed by atoms with E-state index >= 15 is 0 Å². The number of carbonyl (C=O) groups excluding carboxylic acids is 1. The standard InChI is InChI=1S/C16H25NO3/c1-13(2)17-15-7-6-8-16(11-15)20-10-5-4-9-19-12-14(3)18/h6-8,11,13,17H,4-5,9-10,12H2,1-3H3. The van der Waals surface area contributed by atoms with Crippen LogP contribution in [-0.4, -0.2) is 31.6 Å². The maximum absolute atomic E-state index is 10.7. The number of unbranched alkanes of at least 4 members (excludes halogenated alkanes) is 1. The van der Waals surface area contributed by atoms with Crippen LogP contribution in [0.3, 0.4) is 0 Å². The SMILES string of the molecule is CC(=O)COCCCCOc1cccc(NC(C)C)c1. The fourth-order valence-corrected chi connectivity index (χ4v) is 1.72. The van der Waals surface area contributed by atoms with Gasteiger partial charge in [0.05, 0.1) is 6.61 Å². The zero-order valence-corrected chi connectivity index (χ0v) is 12.6. The van der Waals surface area contributed by atoms with Crippen LogP contribution in [0.4, 0.5) is 5.69 Å². The second-order valence-corrected chi connectivity index (χ2v) is 5.14. The Labute approximate surface area is 121 Å². The molecular formula is C16H25NO3. The van der Waals surface area contributed by atoms with Gasteiger partial charge in [-0.25, -0.2) is 0 Å². The maximum atomic E-state index is 10.7. The van der Waals surface area contributed by atoms with Crippen molar-refractivity contribution in [3.63, 3.8) is 0 Å². The number of nitrogens with one attached hydrogen (secondary N) is 1. The largest absolute Gasteiger partial charge is 0.494 e. The minimum absolute atomic E-state index is 0.0655. The highest BCUT2D eigenvalue weighted by atomic mass is 16.5. The molecule has 0 amide bonds. The molecule has 1 N–H and O–H groups in total. The van der Waals surface area contributed by atoms with Crippen LogP contribution in [0.1, 0.15) is 33.6 Å². The highest BCUT2D eigenvalue weighted by Gasteiger charge is 1.99. The molecule has 0 saturated heterocycles. The third-order valence-electron chi connectivity index (χ3n) is 2.55. The van der Waals surface area contributed by atoms with Gasteiger partial charge in [-0.05, 0) is 45.7 Å². The molecule has 0 atom stereocenters. The van der Waals surface area contributed by atoms with Gasteiger partial charge in [-0.2, -0.15) is 0 Å². The summed E-state index contributed by atoms with van der Waals surface area (Å²) in [6.45, 7) is 7.22. The number of ether oxygens (including phenoxy) is 2. The van der Waals surface area contributed by atoms with Gasteiger partial charge in [-0.1, -0.05) is 6.07 Å². The van der Waals surface area contributed by atoms with Gasteiger partial charge in [0, 0.05) is 24.4 Å². The van der Waals surface area contributed by atoms with Gasteiger partial charge in [0.15, 0.2) is 5.78 Å². The lowest BCUT2D eigenvalue weighted by molar-refractivity contribution is -0.121. The zero-order chi connectivity index (χ0) is 14.8. The summed E-state index contributed by atoms with van der Waals surface area (Å²) in [5.74, 6) is 0.941. The molecule has 1 aromatic rings. The second kappa shape index (κ2) is 9.37. The van der Waals surface area contributed by atoms with E-state index in [1.807, 2.05) is 24.3 Å². The van der Waals surface area contributed by atoms with Crippen LogP contribution in [0.5, 0.6) is 5.75 Å². The van der Waals surface area contributed by atoms with Crippen LogP contribution < -0.4 is 10.1 Å². The molecule has 0 saturated carbocycles. The van der Waals surface area contributed by atoms with Gasteiger partial charge in [0.2, 0.25) is 0 Å². The van der Waals surface area contributed by atoms with Gasteiger partial charge in [0.1, 0.15) is 12.4 Å². The second-order valence-electron chi connectivity index (χ2n) is 5.14. The first kappa shape index (κ1) is 16.5. The average Bonchev–Trinajstić information content (AvgIpc) is 2.37. The van der Waals surface area contributed by atoms with E-state index in [1.54, 1.807) is 0 Å². The predicted octanol–water partition coefficient (Wildman–Crippen LogP) is 3.27. The number of anilines is 1. The summed E-state index contributed by atoms with van der Waals surface area (Å²) in [7, 11) is 0. The van der Waals surface area contributed by atoms with Crippen molar-refractivity contribution in [1.29, 1.82) is 0 Å². The molecule has 4 heteroatoms. The summed E-state index contributed by atoms with van der Waals surface area (Å²) >= 11 is 0. The first-order valence-corrected chi connectivity index (χ1v) is 7.14. The molecule has 1 rings (SSSR count). The van der Waals surface area contributed by atoms with Crippen molar-refractivity contribution >= 4 is 11.5 Å². The number of hydrogen-bond acceptors (Lipinski definition) is 4. The molecule has 0 aliphatic heterocycles. The van der Waals surface area contributed by atoms with E-state index in [2.05, 4.69) is 19.2 Å². The van der Waals surface area contributed by atoms with Gasteiger partial charge in [-0.15, -0.1) is 0 Å². The molecule has 0 bridgehead atoms. The Morgan fingerprint density at radius 2 is 2.00 bits per heavy atom. The van der Waals surface area contributed by atoms with Crippen LogP contribution in [-0.2, 0) is 9.53 Å². The Morgan fingerprint density at radius 3 is 2.70 bits per heavy atom. The highest BCUT2D eigenvalue weighted by Crippen LogP contribution is 2.18. The minimum Gasteiger partial charge on any atom is -0.494 e. The molecular weight excluding hydrogens is 254 g/mol.